The summed E-state index contributed by atoms with van der Waals surface area (Å²) in [6.45, 7) is -0.317. The van der Waals surface area contributed by atoms with E-state index in [1.54, 1.807) is 12.1 Å². The molecule has 1 aromatic rings. The van der Waals surface area contributed by atoms with Crippen LogP contribution in [0.15, 0.2) is 24.3 Å². The van der Waals surface area contributed by atoms with Gasteiger partial charge in [-0.3, -0.25) is 0 Å². The second-order valence-electron chi connectivity index (χ2n) is 4.53. The highest BCUT2D eigenvalue weighted by atomic mass is 16.5. The predicted octanol–water partition coefficient (Wildman–Crippen LogP) is 2.86. The molecule has 4 nitrogen and oxygen atoms in total. The normalized spacial score (nSPS) is 16.2. The Bertz CT molecular complexity index is 379. The Morgan fingerprint density at radius 2 is 1.72 bits per heavy atom. The lowest BCUT2D eigenvalue weighted by molar-refractivity contribution is -0.139. The number of benzene rings is 1. The molecule has 0 spiro atoms. The van der Waals surface area contributed by atoms with Crippen molar-refractivity contribution in [2.24, 2.45) is 0 Å². The highest BCUT2D eigenvalue weighted by Crippen LogP contribution is 2.24. The molecule has 0 aromatic heterocycles. The van der Waals surface area contributed by atoms with Gasteiger partial charge in [0.15, 0.2) is 6.61 Å². The van der Waals surface area contributed by atoms with Crippen molar-refractivity contribution >= 4 is 5.97 Å². The first-order valence-electron chi connectivity index (χ1n) is 6.35. The number of carboxylic acids is 1. The fourth-order valence-corrected chi connectivity index (χ4v) is 2.13. The predicted molar refractivity (Wildman–Crippen MR) is 67.1 cm³/mol. The molecule has 0 unspecified atom stereocenters. The van der Waals surface area contributed by atoms with Gasteiger partial charge in [-0.1, -0.05) is 6.42 Å². The lowest BCUT2D eigenvalue weighted by Gasteiger charge is -2.23. The summed E-state index contributed by atoms with van der Waals surface area (Å²) in [5, 5.41) is 8.50. The van der Waals surface area contributed by atoms with E-state index in [2.05, 4.69) is 0 Å². The van der Waals surface area contributed by atoms with Gasteiger partial charge >= 0.3 is 5.97 Å². The molecule has 1 fully saturated rings. The van der Waals surface area contributed by atoms with E-state index in [0.717, 1.165) is 18.6 Å². The molecule has 0 bridgehead atoms. The van der Waals surface area contributed by atoms with Crippen molar-refractivity contribution in [2.45, 2.75) is 38.2 Å². The van der Waals surface area contributed by atoms with Crippen LogP contribution in [0.4, 0.5) is 0 Å². The lowest BCUT2D eigenvalue weighted by Crippen LogP contribution is -2.19. The van der Waals surface area contributed by atoms with Crippen LogP contribution in [-0.2, 0) is 4.79 Å². The molecule has 98 valence electrons. The molecule has 4 heteroatoms. The van der Waals surface area contributed by atoms with Crippen molar-refractivity contribution in [3.05, 3.63) is 24.3 Å². The molecule has 1 aliphatic carbocycles. The maximum absolute atomic E-state index is 10.4. The molecule has 1 N–H and O–H groups in total. The third-order valence-corrected chi connectivity index (χ3v) is 3.04. The molecule has 2 rings (SSSR count). The highest BCUT2D eigenvalue weighted by molar-refractivity contribution is 5.68. The molecular formula is C14H18O4. The molecule has 0 heterocycles. The standard InChI is InChI=1S/C14H18O4/c15-14(16)10-17-11-6-8-13(9-7-11)18-12-4-2-1-3-5-12/h6-9,12H,1-5,10H2,(H,15,16). The van der Waals surface area contributed by atoms with Crippen molar-refractivity contribution < 1.29 is 19.4 Å². The summed E-state index contributed by atoms with van der Waals surface area (Å²) in [7, 11) is 0. The van der Waals surface area contributed by atoms with Crippen molar-refractivity contribution in [1.82, 2.24) is 0 Å². The first-order valence-corrected chi connectivity index (χ1v) is 6.35. The first-order chi connectivity index (χ1) is 8.74. The van der Waals surface area contributed by atoms with Gasteiger partial charge in [-0.15, -0.1) is 0 Å². The molecule has 0 aliphatic heterocycles. The number of carboxylic acid groups (broad SMARTS) is 1. The summed E-state index contributed by atoms with van der Waals surface area (Å²) in [5.41, 5.74) is 0. The van der Waals surface area contributed by atoms with Gasteiger partial charge < -0.3 is 14.6 Å². The van der Waals surface area contributed by atoms with Crippen LogP contribution in [-0.4, -0.2) is 23.8 Å². The molecule has 1 aliphatic rings. The van der Waals surface area contributed by atoms with Gasteiger partial charge in [0, 0.05) is 0 Å². The van der Waals surface area contributed by atoms with Crippen LogP contribution in [0.1, 0.15) is 32.1 Å². The van der Waals surface area contributed by atoms with Crippen molar-refractivity contribution in [3.8, 4) is 11.5 Å². The molecule has 0 atom stereocenters. The van der Waals surface area contributed by atoms with Gasteiger partial charge in [-0.25, -0.2) is 4.79 Å². The van der Waals surface area contributed by atoms with Crippen LogP contribution in [0.5, 0.6) is 11.5 Å². The van der Waals surface area contributed by atoms with Crippen LogP contribution in [0.3, 0.4) is 0 Å². The Morgan fingerprint density at radius 3 is 2.33 bits per heavy atom. The van der Waals surface area contributed by atoms with Crippen LogP contribution in [0.25, 0.3) is 0 Å². The van der Waals surface area contributed by atoms with E-state index >= 15 is 0 Å². The van der Waals surface area contributed by atoms with Gasteiger partial charge in [0.1, 0.15) is 11.5 Å². The van der Waals surface area contributed by atoms with E-state index in [-0.39, 0.29) is 6.61 Å². The number of ether oxygens (including phenoxy) is 2. The topological polar surface area (TPSA) is 55.8 Å². The van der Waals surface area contributed by atoms with Crippen molar-refractivity contribution in [2.75, 3.05) is 6.61 Å². The first kappa shape index (κ1) is 12.7. The minimum Gasteiger partial charge on any atom is -0.490 e. The van der Waals surface area contributed by atoms with Crippen LogP contribution < -0.4 is 9.47 Å². The Morgan fingerprint density at radius 1 is 1.11 bits per heavy atom. The molecule has 0 amide bonds. The summed E-state index contributed by atoms with van der Waals surface area (Å²) >= 11 is 0. The molecule has 0 saturated heterocycles. The largest absolute Gasteiger partial charge is 0.490 e. The van der Waals surface area contributed by atoms with Gasteiger partial charge in [0.25, 0.3) is 0 Å². The quantitative estimate of drug-likeness (QED) is 0.873. The van der Waals surface area contributed by atoms with Crippen LogP contribution in [0, 0.1) is 0 Å². The smallest absolute Gasteiger partial charge is 0.341 e. The summed E-state index contributed by atoms with van der Waals surface area (Å²) in [6.07, 6.45) is 6.36. The summed E-state index contributed by atoms with van der Waals surface area (Å²) in [5.74, 6) is 0.399. The maximum Gasteiger partial charge on any atom is 0.341 e. The fourth-order valence-electron chi connectivity index (χ4n) is 2.13. The fraction of sp³-hybridized carbons (Fsp3) is 0.500. The second kappa shape index (κ2) is 6.28. The molecule has 18 heavy (non-hydrogen) atoms. The van der Waals surface area contributed by atoms with E-state index < -0.39 is 5.97 Å². The Balaban J connectivity index is 1.84. The molecular weight excluding hydrogens is 232 g/mol. The molecule has 1 aromatic carbocycles. The number of carbonyl (C=O) groups is 1. The minimum absolute atomic E-state index is 0.317. The van der Waals surface area contributed by atoms with Crippen molar-refractivity contribution in [1.29, 1.82) is 0 Å². The number of rotatable bonds is 5. The zero-order valence-corrected chi connectivity index (χ0v) is 10.3. The molecule has 0 radical (unpaired) electrons. The Labute approximate surface area is 107 Å². The van der Waals surface area contributed by atoms with Gasteiger partial charge in [0.2, 0.25) is 0 Å². The van der Waals surface area contributed by atoms with E-state index in [0.29, 0.717) is 11.9 Å². The molecule has 1 saturated carbocycles. The second-order valence-corrected chi connectivity index (χ2v) is 4.53. The monoisotopic (exact) mass is 250 g/mol. The summed E-state index contributed by atoms with van der Waals surface area (Å²) in [6, 6.07) is 7.12. The maximum atomic E-state index is 10.4. The van der Waals surface area contributed by atoms with E-state index in [4.69, 9.17) is 14.6 Å². The highest BCUT2D eigenvalue weighted by Gasteiger charge is 2.14. The van der Waals surface area contributed by atoms with E-state index in [1.807, 2.05) is 12.1 Å². The van der Waals surface area contributed by atoms with E-state index in [1.165, 1.54) is 19.3 Å². The van der Waals surface area contributed by atoms with Crippen LogP contribution in [0.2, 0.25) is 0 Å². The van der Waals surface area contributed by atoms with Crippen molar-refractivity contribution in [3.63, 3.8) is 0 Å². The summed E-state index contributed by atoms with van der Waals surface area (Å²) in [4.78, 5) is 10.4. The minimum atomic E-state index is -0.975. The lowest BCUT2D eigenvalue weighted by atomic mass is 9.98. The Hall–Kier alpha value is -1.71. The number of aliphatic carboxylic acids is 1. The summed E-state index contributed by atoms with van der Waals surface area (Å²) < 4.78 is 10.9. The van der Waals surface area contributed by atoms with Gasteiger partial charge in [-0.2, -0.15) is 0 Å². The zero-order chi connectivity index (χ0) is 12.8. The van der Waals surface area contributed by atoms with Gasteiger partial charge in [-0.05, 0) is 49.9 Å². The van der Waals surface area contributed by atoms with Crippen LogP contribution >= 0.6 is 0 Å². The number of hydrogen-bond donors (Lipinski definition) is 1. The average molecular weight is 250 g/mol. The van der Waals surface area contributed by atoms with Gasteiger partial charge in [0.05, 0.1) is 6.10 Å². The third kappa shape index (κ3) is 3.95. The zero-order valence-electron chi connectivity index (χ0n) is 10.3. The average Bonchev–Trinajstić information content (AvgIpc) is 2.39. The van der Waals surface area contributed by atoms with E-state index in [9.17, 15) is 4.79 Å². The SMILES string of the molecule is O=C(O)COc1ccc(OC2CCCCC2)cc1. The third-order valence-electron chi connectivity index (χ3n) is 3.04. The number of hydrogen-bond acceptors (Lipinski definition) is 3. The Kier molecular flexibility index (Phi) is 4.45.